The summed E-state index contributed by atoms with van der Waals surface area (Å²) >= 11 is 5.32. The molecule has 0 saturated carbocycles. The first-order chi connectivity index (χ1) is 7.66. The summed E-state index contributed by atoms with van der Waals surface area (Å²) in [5.41, 5.74) is 0.704. The van der Waals surface area contributed by atoms with Crippen LogP contribution in [0.2, 0.25) is 0 Å². The van der Waals surface area contributed by atoms with Gasteiger partial charge in [0, 0.05) is 29.5 Å². The highest BCUT2D eigenvalue weighted by atomic mass is 79.9. The highest BCUT2D eigenvalue weighted by Crippen LogP contribution is 2.25. The van der Waals surface area contributed by atoms with Gasteiger partial charge in [0.15, 0.2) is 0 Å². The maximum absolute atomic E-state index is 11.9. The van der Waals surface area contributed by atoms with Crippen LogP contribution in [0.25, 0.3) is 0 Å². The molecule has 1 aliphatic rings. The van der Waals surface area contributed by atoms with Crippen molar-refractivity contribution in [2.45, 2.75) is 18.1 Å². The normalized spacial score (nSPS) is 20.0. The van der Waals surface area contributed by atoms with Crippen LogP contribution in [0.5, 0.6) is 0 Å². The molecule has 2 heterocycles. The molecule has 0 bridgehead atoms. The fourth-order valence-corrected chi connectivity index (χ4v) is 3.58. The summed E-state index contributed by atoms with van der Waals surface area (Å²) in [5, 5.41) is 3.60. The van der Waals surface area contributed by atoms with E-state index in [1.807, 2.05) is 35.6 Å². The lowest BCUT2D eigenvalue weighted by Gasteiger charge is -2.10. The summed E-state index contributed by atoms with van der Waals surface area (Å²) in [7, 11) is 1.88. The molecular weight excluding hydrogens is 288 g/mol. The average Bonchev–Trinajstić information content (AvgIpc) is 2.84. The minimum atomic E-state index is 0.0145. The molecule has 1 amide bonds. The van der Waals surface area contributed by atoms with Gasteiger partial charge in [-0.15, -0.1) is 0 Å². The van der Waals surface area contributed by atoms with Crippen LogP contribution in [-0.2, 0) is 7.05 Å². The molecule has 1 aromatic rings. The standard InChI is InChI=1S/C11H15BrN2OS/c1-14-7-8(12)5-10(14)11(15)13-6-9-3-2-4-16-9/h5,7,9H,2-4,6H2,1H3,(H,13,15). The Labute approximate surface area is 108 Å². The highest BCUT2D eigenvalue weighted by molar-refractivity contribution is 9.10. The van der Waals surface area contributed by atoms with Crippen molar-refractivity contribution in [1.82, 2.24) is 9.88 Å². The van der Waals surface area contributed by atoms with Crippen LogP contribution in [0.3, 0.4) is 0 Å². The molecule has 1 atom stereocenters. The Morgan fingerprint density at radius 3 is 3.12 bits per heavy atom. The Hall–Kier alpha value is -0.420. The van der Waals surface area contributed by atoms with Crippen molar-refractivity contribution in [3.05, 3.63) is 22.4 Å². The third kappa shape index (κ3) is 2.83. The Bertz CT molecular complexity index is 385. The number of nitrogens with zero attached hydrogens (tertiary/aromatic N) is 1. The monoisotopic (exact) mass is 302 g/mol. The van der Waals surface area contributed by atoms with Gasteiger partial charge < -0.3 is 9.88 Å². The van der Waals surface area contributed by atoms with Crippen LogP contribution in [0.1, 0.15) is 23.3 Å². The van der Waals surface area contributed by atoms with Crippen LogP contribution >= 0.6 is 27.7 Å². The molecule has 1 aromatic heterocycles. The highest BCUT2D eigenvalue weighted by Gasteiger charge is 2.17. The van der Waals surface area contributed by atoms with Crippen molar-refractivity contribution in [3.8, 4) is 0 Å². The topological polar surface area (TPSA) is 34.0 Å². The maximum Gasteiger partial charge on any atom is 0.267 e. The van der Waals surface area contributed by atoms with Crippen LogP contribution < -0.4 is 5.32 Å². The van der Waals surface area contributed by atoms with E-state index >= 15 is 0 Å². The lowest BCUT2D eigenvalue weighted by Crippen LogP contribution is -2.30. The minimum absolute atomic E-state index is 0.0145. The van der Waals surface area contributed by atoms with Gasteiger partial charge >= 0.3 is 0 Å². The fourth-order valence-electron chi connectivity index (χ4n) is 1.85. The van der Waals surface area contributed by atoms with Gasteiger partial charge in [0.25, 0.3) is 5.91 Å². The number of hydrogen-bond acceptors (Lipinski definition) is 2. The van der Waals surface area contributed by atoms with Crippen molar-refractivity contribution in [1.29, 1.82) is 0 Å². The Balaban J connectivity index is 1.90. The van der Waals surface area contributed by atoms with Crippen LogP contribution in [0.4, 0.5) is 0 Å². The molecular formula is C11H15BrN2OS. The predicted octanol–water partition coefficient (Wildman–Crippen LogP) is 2.41. The number of thioether (sulfide) groups is 1. The van der Waals surface area contributed by atoms with Crippen molar-refractivity contribution in [3.63, 3.8) is 0 Å². The molecule has 0 radical (unpaired) electrons. The van der Waals surface area contributed by atoms with Gasteiger partial charge in [-0.05, 0) is 40.6 Å². The van der Waals surface area contributed by atoms with E-state index in [-0.39, 0.29) is 5.91 Å². The van der Waals surface area contributed by atoms with Crippen molar-refractivity contribution in [2.24, 2.45) is 7.05 Å². The summed E-state index contributed by atoms with van der Waals surface area (Å²) in [6, 6.07) is 1.84. The second-order valence-corrected chi connectivity index (χ2v) is 6.32. The first kappa shape index (κ1) is 12.0. The molecule has 3 nitrogen and oxygen atoms in total. The van der Waals surface area contributed by atoms with E-state index in [2.05, 4.69) is 21.2 Å². The summed E-state index contributed by atoms with van der Waals surface area (Å²) < 4.78 is 2.77. The number of nitrogens with one attached hydrogen (secondary N) is 1. The van der Waals surface area contributed by atoms with Gasteiger partial charge in [0.2, 0.25) is 0 Å². The van der Waals surface area contributed by atoms with Gasteiger partial charge in [-0.2, -0.15) is 11.8 Å². The second kappa shape index (κ2) is 5.27. The lowest BCUT2D eigenvalue weighted by molar-refractivity contribution is 0.0945. The number of amides is 1. The molecule has 5 heteroatoms. The summed E-state index contributed by atoms with van der Waals surface area (Å²) in [4.78, 5) is 11.9. The van der Waals surface area contributed by atoms with E-state index in [4.69, 9.17) is 0 Å². The van der Waals surface area contributed by atoms with E-state index in [1.54, 1.807) is 0 Å². The summed E-state index contributed by atoms with van der Waals surface area (Å²) in [5.74, 6) is 1.25. The number of rotatable bonds is 3. The van der Waals surface area contributed by atoms with Crippen LogP contribution in [0, 0.1) is 0 Å². The molecule has 0 spiro atoms. The first-order valence-corrected chi connectivity index (χ1v) is 7.22. The Morgan fingerprint density at radius 1 is 1.75 bits per heavy atom. The third-order valence-corrected chi connectivity index (χ3v) is 4.55. The maximum atomic E-state index is 11.9. The molecule has 1 saturated heterocycles. The SMILES string of the molecule is Cn1cc(Br)cc1C(=O)NCC1CCCS1. The molecule has 1 fully saturated rings. The van der Waals surface area contributed by atoms with Gasteiger partial charge in [0.1, 0.15) is 5.69 Å². The first-order valence-electron chi connectivity index (χ1n) is 5.38. The molecule has 88 valence electrons. The number of aromatic nitrogens is 1. The lowest BCUT2D eigenvalue weighted by atomic mass is 10.2. The smallest absolute Gasteiger partial charge is 0.267 e. The van der Waals surface area contributed by atoms with Gasteiger partial charge in [0.05, 0.1) is 0 Å². The number of halogens is 1. The van der Waals surface area contributed by atoms with E-state index in [0.717, 1.165) is 11.0 Å². The van der Waals surface area contributed by atoms with E-state index in [0.29, 0.717) is 10.9 Å². The van der Waals surface area contributed by atoms with Crippen LogP contribution in [0.15, 0.2) is 16.7 Å². The molecule has 1 N–H and O–H groups in total. The second-order valence-electron chi connectivity index (χ2n) is 4.00. The van der Waals surface area contributed by atoms with Gasteiger partial charge in [-0.25, -0.2) is 0 Å². The van der Waals surface area contributed by atoms with Crippen LogP contribution in [-0.4, -0.2) is 28.0 Å². The van der Waals surface area contributed by atoms with E-state index in [9.17, 15) is 4.79 Å². The van der Waals surface area contributed by atoms with Gasteiger partial charge in [-0.1, -0.05) is 0 Å². The number of carbonyl (C=O) groups excluding carboxylic acids is 1. The number of carbonyl (C=O) groups is 1. The zero-order valence-electron chi connectivity index (χ0n) is 9.20. The number of hydrogen-bond donors (Lipinski definition) is 1. The van der Waals surface area contributed by atoms with E-state index < -0.39 is 0 Å². The molecule has 16 heavy (non-hydrogen) atoms. The third-order valence-electron chi connectivity index (χ3n) is 2.72. The average molecular weight is 303 g/mol. The van der Waals surface area contributed by atoms with Crippen molar-refractivity contribution >= 4 is 33.6 Å². The quantitative estimate of drug-likeness (QED) is 0.930. The van der Waals surface area contributed by atoms with E-state index in [1.165, 1.54) is 18.6 Å². The zero-order chi connectivity index (χ0) is 11.5. The summed E-state index contributed by atoms with van der Waals surface area (Å²) in [6.07, 6.45) is 4.39. The fraction of sp³-hybridized carbons (Fsp3) is 0.545. The molecule has 1 unspecified atom stereocenters. The summed E-state index contributed by atoms with van der Waals surface area (Å²) in [6.45, 7) is 0.784. The molecule has 0 aliphatic carbocycles. The van der Waals surface area contributed by atoms with Gasteiger partial charge in [-0.3, -0.25) is 4.79 Å². The minimum Gasteiger partial charge on any atom is -0.350 e. The predicted molar refractivity (Wildman–Crippen MR) is 70.9 cm³/mol. The zero-order valence-corrected chi connectivity index (χ0v) is 11.6. The molecule has 0 aromatic carbocycles. The Kier molecular flexibility index (Phi) is 3.97. The number of aryl methyl sites for hydroxylation is 1. The largest absolute Gasteiger partial charge is 0.350 e. The molecule has 2 rings (SSSR count). The van der Waals surface area contributed by atoms with Crippen molar-refractivity contribution in [2.75, 3.05) is 12.3 Å². The Morgan fingerprint density at radius 2 is 2.56 bits per heavy atom. The molecule has 1 aliphatic heterocycles. The van der Waals surface area contributed by atoms with Crippen molar-refractivity contribution < 1.29 is 4.79 Å².